The number of hydrogen-bond acceptors (Lipinski definition) is 5. The topological polar surface area (TPSA) is 71.8 Å². The first kappa shape index (κ1) is 23.0. The SMILES string of the molecule is COc1ccc([C@@H]2C3=C(C[C@@H](c4ccco4)CC3=O)Nc3ccccc3N2C(=O)CC(C)C)cc1. The molecule has 35 heavy (non-hydrogen) atoms. The molecule has 0 saturated heterocycles. The molecule has 0 bridgehead atoms. The molecule has 1 aromatic heterocycles. The number of fused-ring (bicyclic) bond motifs is 1. The lowest BCUT2D eigenvalue weighted by atomic mass is 9.80. The van der Waals surface area contributed by atoms with Crippen molar-refractivity contribution in [3.63, 3.8) is 0 Å². The van der Waals surface area contributed by atoms with Gasteiger partial charge < -0.3 is 14.5 Å². The first-order chi connectivity index (χ1) is 17.0. The molecular formula is C29H30N2O4. The average Bonchev–Trinajstić information content (AvgIpc) is 3.33. The standard InChI is InChI=1S/C29H30N2O4/c1-18(2)15-27(33)31-24-8-5-4-7-22(24)30-23-16-20(26-9-6-14-35-26)17-25(32)28(23)29(31)19-10-12-21(34-3)13-11-19/h4-14,18,20,29-30H,15-17H2,1-3H3/t20-,29-/m1/s1. The number of anilines is 2. The van der Waals surface area contributed by atoms with Gasteiger partial charge in [-0.05, 0) is 54.3 Å². The Labute approximate surface area is 205 Å². The van der Waals surface area contributed by atoms with Crippen molar-refractivity contribution in [1.82, 2.24) is 0 Å². The fraction of sp³-hybridized carbons (Fsp3) is 0.310. The molecule has 0 unspecified atom stereocenters. The third-order valence-corrected chi connectivity index (χ3v) is 6.72. The maximum absolute atomic E-state index is 13.8. The number of carbonyl (C=O) groups is 2. The molecule has 1 amide bonds. The number of nitrogens with one attached hydrogen (secondary N) is 1. The predicted octanol–water partition coefficient (Wildman–Crippen LogP) is 6.23. The zero-order chi connectivity index (χ0) is 24.5. The van der Waals surface area contributed by atoms with Crippen molar-refractivity contribution in [3.8, 4) is 5.75 Å². The van der Waals surface area contributed by atoms with Crippen LogP contribution in [-0.2, 0) is 9.59 Å². The van der Waals surface area contributed by atoms with Gasteiger partial charge >= 0.3 is 0 Å². The van der Waals surface area contributed by atoms with Crippen LogP contribution < -0.4 is 15.0 Å². The Morgan fingerprint density at radius 3 is 2.54 bits per heavy atom. The third-order valence-electron chi connectivity index (χ3n) is 6.72. The van der Waals surface area contributed by atoms with Crippen molar-refractivity contribution < 1.29 is 18.7 Å². The highest BCUT2D eigenvalue weighted by Gasteiger charge is 2.42. The van der Waals surface area contributed by atoms with Gasteiger partial charge in [0.05, 0.1) is 30.8 Å². The summed E-state index contributed by atoms with van der Waals surface area (Å²) < 4.78 is 11.0. The Bertz CT molecular complexity index is 1260. The molecule has 0 saturated carbocycles. The molecule has 2 aliphatic rings. The number of ether oxygens (including phenoxy) is 1. The summed E-state index contributed by atoms with van der Waals surface area (Å²) in [6.45, 7) is 4.07. The van der Waals surface area contributed by atoms with Gasteiger partial charge in [0.2, 0.25) is 5.91 Å². The molecule has 2 aromatic carbocycles. The highest BCUT2D eigenvalue weighted by molar-refractivity contribution is 6.06. The van der Waals surface area contributed by atoms with Crippen LogP contribution in [0.25, 0.3) is 0 Å². The number of ketones is 1. The average molecular weight is 471 g/mol. The van der Waals surface area contributed by atoms with Gasteiger partial charge in [-0.1, -0.05) is 38.1 Å². The molecule has 5 rings (SSSR count). The maximum atomic E-state index is 13.8. The number of benzene rings is 2. The Hall–Kier alpha value is -3.80. The fourth-order valence-corrected chi connectivity index (χ4v) is 5.14. The van der Waals surface area contributed by atoms with Crippen LogP contribution in [0.15, 0.2) is 82.6 Å². The van der Waals surface area contributed by atoms with Crippen molar-refractivity contribution in [1.29, 1.82) is 0 Å². The first-order valence-corrected chi connectivity index (χ1v) is 12.1. The van der Waals surface area contributed by atoms with Gasteiger partial charge in [0.25, 0.3) is 0 Å². The number of allylic oxidation sites excluding steroid dienone is 1. The molecule has 3 aromatic rings. The van der Waals surface area contributed by atoms with Gasteiger partial charge in [0.15, 0.2) is 5.78 Å². The van der Waals surface area contributed by atoms with Gasteiger partial charge in [-0.2, -0.15) is 0 Å². The first-order valence-electron chi connectivity index (χ1n) is 12.1. The molecule has 180 valence electrons. The third kappa shape index (κ3) is 4.36. The predicted molar refractivity (Wildman–Crippen MR) is 135 cm³/mol. The summed E-state index contributed by atoms with van der Waals surface area (Å²) in [6, 6.07) is 18.7. The van der Waals surface area contributed by atoms with Crippen molar-refractivity contribution in [2.45, 2.75) is 45.1 Å². The van der Waals surface area contributed by atoms with E-state index in [2.05, 4.69) is 5.32 Å². The van der Waals surface area contributed by atoms with Crippen LogP contribution in [0.3, 0.4) is 0 Å². The quantitative estimate of drug-likeness (QED) is 0.478. The normalized spacial score (nSPS) is 19.7. The second-order valence-corrected chi connectivity index (χ2v) is 9.62. The summed E-state index contributed by atoms with van der Waals surface area (Å²) in [4.78, 5) is 29.4. The molecule has 0 spiro atoms. The van der Waals surface area contributed by atoms with Gasteiger partial charge in [-0.3, -0.25) is 14.5 Å². The van der Waals surface area contributed by atoms with E-state index in [4.69, 9.17) is 9.15 Å². The summed E-state index contributed by atoms with van der Waals surface area (Å²) in [5, 5.41) is 3.54. The number of nitrogens with zero attached hydrogens (tertiary/aromatic N) is 1. The van der Waals surface area contributed by atoms with Gasteiger partial charge in [0, 0.05) is 30.0 Å². The molecule has 1 aliphatic heterocycles. The molecular weight excluding hydrogens is 440 g/mol. The molecule has 0 fully saturated rings. The van der Waals surface area contributed by atoms with E-state index in [0.29, 0.717) is 24.8 Å². The second-order valence-electron chi connectivity index (χ2n) is 9.62. The summed E-state index contributed by atoms with van der Waals surface area (Å²) in [6.07, 6.45) is 2.99. The fourth-order valence-electron chi connectivity index (χ4n) is 5.14. The highest BCUT2D eigenvalue weighted by Crippen LogP contribution is 2.47. The highest BCUT2D eigenvalue weighted by atomic mass is 16.5. The van der Waals surface area contributed by atoms with E-state index < -0.39 is 6.04 Å². The summed E-state index contributed by atoms with van der Waals surface area (Å²) in [7, 11) is 1.62. The van der Waals surface area contributed by atoms with Gasteiger partial charge in [-0.25, -0.2) is 0 Å². The number of furan rings is 1. The van der Waals surface area contributed by atoms with E-state index in [1.54, 1.807) is 13.4 Å². The number of para-hydroxylation sites is 2. The lowest BCUT2D eigenvalue weighted by Crippen LogP contribution is -2.39. The van der Waals surface area contributed by atoms with E-state index in [1.165, 1.54) is 0 Å². The zero-order valence-corrected chi connectivity index (χ0v) is 20.3. The number of methoxy groups -OCH3 is 1. The maximum Gasteiger partial charge on any atom is 0.228 e. The van der Waals surface area contributed by atoms with Crippen LogP contribution in [0, 0.1) is 5.92 Å². The molecule has 6 nitrogen and oxygen atoms in total. The van der Waals surface area contributed by atoms with Crippen molar-refractivity contribution >= 4 is 23.1 Å². The molecule has 1 aliphatic carbocycles. The number of carbonyl (C=O) groups excluding carboxylic acids is 2. The smallest absolute Gasteiger partial charge is 0.228 e. The Kier molecular flexibility index (Phi) is 6.20. The second kappa shape index (κ2) is 9.45. The monoisotopic (exact) mass is 470 g/mol. The lowest BCUT2D eigenvalue weighted by molar-refractivity contribution is -0.119. The Morgan fingerprint density at radius 2 is 1.86 bits per heavy atom. The van der Waals surface area contributed by atoms with Crippen LogP contribution in [0.5, 0.6) is 5.75 Å². The number of hydrogen-bond donors (Lipinski definition) is 1. The minimum atomic E-state index is -0.539. The molecule has 6 heteroatoms. The number of amides is 1. The molecule has 2 heterocycles. The van der Waals surface area contributed by atoms with Crippen molar-refractivity contribution in [2.75, 3.05) is 17.3 Å². The van der Waals surface area contributed by atoms with E-state index in [-0.39, 0.29) is 23.5 Å². The van der Waals surface area contributed by atoms with E-state index in [0.717, 1.165) is 34.1 Å². The van der Waals surface area contributed by atoms with Crippen LogP contribution in [-0.4, -0.2) is 18.8 Å². The van der Waals surface area contributed by atoms with Crippen LogP contribution in [0.1, 0.15) is 56.4 Å². The molecule has 0 radical (unpaired) electrons. The molecule has 2 atom stereocenters. The number of rotatable bonds is 5. The van der Waals surface area contributed by atoms with E-state index in [1.807, 2.05) is 79.4 Å². The Balaban J connectivity index is 1.70. The lowest BCUT2D eigenvalue weighted by Gasteiger charge is -2.35. The minimum absolute atomic E-state index is 0.00947. The summed E-state index contributed by atoms with van der Waals surface area (Å²) >= 11 is 0. The minimum Gasteiger partial charge on any atom is -0.497 e. The van der Waals surface area contributed by atoms with Crippen LogP contribution in [0.4, 0.5) is 11.4 Å². The van der Waals surface area contributed by atoms with E-state index in [9.17, 15) is 9.59 Å². The van der Waals surface area contributed by atoms with Crippen LogP contribution >= 0.6 is 0 Å². The zero-order valence-electron chi connectivity index (χ0n) is 20.3. The summed E-state index contributed by atoms with van der Waals surface area (Å²) in [5.74, 6) is 1.67. The van der Waals surface area contributed by atoms with Gasteiger partial charge in [-0.15, -0.1) is 0 Å². The van der Waals surface area contributed by atoms with Gasteiger partial charge in [0.1, 0.15) is 11.5 Å². The molecule has 1 N–H and O–H groups in total. The number of Topliss-reactive ketones (excluding diaryl/α,β-unsaturated/α-hetero) is 1. The largest absolute Gasteiger partial charge is 0.497 e. The van der Waals surface area contributed by atoms with Crippen LogP contribution in [0.2, 0.25) is 0 Å². The summed E-state index contributed by atoms with van der Waals surface area (Å²) in [5.41, 5.74) is 3.96. The Morgan fingerprint density at radius 1 is 1.09 bits per heavy atom. The van der Waals surface area contributed by atoms with E-state index >= 15 is 0 Å². The van der Waals surface area contributed by atoms with Crippen molar-refractivity contribution in [2.24, 2.45) is 5.92 Å². The van der Waals surface area contributed by atoms with Crippen molar-refractivity contribution in [3.05, 3.63) is 89.5 Å².